The molecule has 78 valence electrons. The van der Waals surface area contributed by atoms with Crippen molar-refractivity contribution in [3.8, 4) is 0 Å². The number of ether oxygens (including phenoxy) is 1. The second-order valence-corrected chi connectivity index (χ2v) is 4.25. The molecule has 3 nitrogen and oxygen atoms in total. The minimum atomic E-state index is -0.832. The molecule has 0 bridgehead atoms. The van der Waals surface area contributed by atoms with Gasteiger partial charge in [0.1, 0.15) is 0 Å². The second kappa shape index (κ2) is 5.37. The van der Waals surface area contributed by atoms with Crippen molar-refractivity contribution in [1.82, 2.24) is 5.32 Å². The lowest BCUT2D eigenvalue weighted by atomic mass is 10.1. The lowest BCUT2D eigenvalue weighted by Gasteiger charge is -2.21. The fourth-order valence-corrected chi connectivity index (χ4v) is 0.739. The third-order valence-electron chi connectivity index (χ3n) is 1.45. The summed E-state index contributed by atoms with van der Waals surface area (Å²) in [5.74, 6) is 0. The van der Waals surface area contributed by atoms with Gasteiger partial charge in [-0.1, -0.05) is 6.58 Å². The van der Waals surface area contributed by atoms with Gasteiger partial charge in [0.25, 0.3) is 0 Å². The maximum absolute atomic E-state index is 9.21. The van der Waals surface area contributed by atoms with Crippen LogP contribution in [0.15, 0.2) is 12.2 Å². The van der Waals surface area contributed by atoms with Crippen molar-refractivity contribution in [3.05, 3.63) is 12.2 Å². The molecule has 3 heteroatoms. The first-order valence-electron chi connectivity index (χ1n) is 4.53. The highest BCUT2D eigenvalue weighted by molar-refractivity contribution is 4.91. The molecule has 0 spiro atoms. The van der Waals surface area contributed by atoms with Crippen LogP contribution in [0, 0.1) is 0 Å². The van der Waals surface area contributed by atoms with Crippen molar-refractivity contribution in [3.63, 3.8) is 0 Å². The van der Waals surface area contributed by atoms with Crippen molar-refractivity contribution in [2.45, 2.75) is 39.5 Å². The molecular formula is C10H21NO2. The molecule has 1 atom stereocenters. The lowest BCUT2D eigenvalue weighted by molar-refractivity contribution is -0.0710. The Hall–Kier alpha value is -0.380. The fourth-order valence-electron chi connectivity index (χ4n) is 0.739. The number of hydrogen-bond acceptors (Lipinski definition) is 3. The molecule has 0 aromatic heterocycles. The Morgan fingerprint density at radius 3 is 2.46 bits per heavy atom. The van der Waals surface area contributed by atoms with E-state index < -0.39 is 6.29 Å². The summed E-state index contributed by atoms with van der Waals surface area (Å²) in [6.45, 7) is 12.8. The van der Waals surface area contributed by atoms with E-state index in [4.69, 9.17) is 4.74 Å². The highest BCUT2D eigenvalue weighted by Crippen LogP contribution is 2.00. The standard InChI is InChI=1S/C10H21NO2/c1-8(2)9(12)13-7-6-11-10(3,4)5/h9,11-12H,1,6-7H2,2-5H3. The highest BCUT2D eigenvalue weighted by atomic mass is 16.6. The van der Waals surface area contributed by atoms with E-state index in [1.807, 2.05) is 0 Å². The predicted molar refractivity (Wildman–Crippen MR) is 54.5 cm³/mol. The van der Waals surface area contributed by atoms with E-state index in [0.717, 1.165) is 6.54 Å². The Balaban J connectivity index is 3.41. The smallest absolute Gasteiger partial charge is 0.176 e. The van der Waals surface area contributed by atoms with E-state index in [2.05, 4.69) is 32.7 Å². The first-order chi connectivity index (χ1) is 5.83. The minimum absolute atomic E-state index is 0.0948. The van der Waals surface area contributed by atoms with Crippen molar-refractivity contribution < 1.29 is 9.84 Å². The number of hydrogen-bond donors (Lipinski definition) is 2. The van der Waals surface area contributed by atoms with Crippen molar-refractivity contribution in [1.29, 1.82) is 0 Å². The van der Waals surface area contributed by atoms with Crippen LogP contribution < -0.4 is 5.32 Å². The molecule has 0 fully saturated rings. The van der Waals surface area contributed by atoms with Crippen LogP contribution >= 0.6 is 0 Å². The van der Waals surface area contributed by atoms with Gasteiger partial charge < -0.3 is 15.2 Å². The largest absolute Gasteiger partial charge is 0.364 e. The summed E-state index contributed by atoms with van der Waals surface area (Å²) in [5.41, 5.74) is 0.730. The van der Waals surface area contributed by atoms with E-state index in [9.17, 15) is 5.11 Å². The van der Waals surface area contributed by atoms with Gasteiger partial charge in [0.15, 0.2) is 6.29 Å². The summed E-state index contributed by atoms with van der Waals surface area (Å²) in [6, 6.07) is 0. The Labute approximate surface area is 80.8 Å². The molecule has 0 aromatic rings. The Morgan fingerprint density at radius 2 is 2.08 bits per heavy atom. The van der Waals surface area contributed by atoms with Gasteiger partial charge in [-0.05, 0) is 33.3 Å². The monoisotopic (exact) mass is 187 g/mol. The van der Waals surface area contributed by atoms with E-state index >= 15 is 0 Å². The number of aliphatic hydroxyl groups is 1. The Kier molecular flexibility index (Phi) is 5.21. The molecule has 0 saturated carbocycles. The second-order valence-electron chi connectivity index (χ2n) is 4.25. The Morgan fingerprint density at radius 1 is 1.54 bits per heavy atom. The SMILES string of the molecule is C=C(C)C(O)OCCNC(C)(C)C. The normalized spacial score (nSPS) is 14.2. The zero-order valence-corrected chi connectivity index (χ0v) is 9.05. The van der Waals surface area contributed by atoms with Crippen LogP contribution in [-0.2, 0) is 4.74 Å². The number of nitrogens with one attached hydrogen (secondary N) is 1. The molecule has 0 saturated heterocycles. The molecule has 0 radical (unpaired) electrons. The zero-order chi connectivity index (χ0) is 10.5. The topological polar surface area (TPSA) is 41.5 Å². The van der Waals surface area contributed by atoms with Crippen LogP contribution in [0.3, 0.4) is 0 Å². The molecular weight excluding hydrogens is 166 g/mol. The van der Waals surface area contributed by atoms with Gasteiger partial charge in [0, 0.05) is 12.1 Å². The van der Waals surface area contributed by atoms with Gasteiger partial charge in [-0.3, -0.25) is 0 Å². The molecule has 0 aliphatic heterocycles. The maximum atomic E-state index is 9.21. The Bertz CT molecular complexity index is 161. The van der Waals surface area contributed by atoms with Gasteiger partial charge in [0.2, 0.25) is 0 Å². The molecule has 2 N–H and O–H groups in total. The minimum Gasteiger partial charge on any atom is -0.364 e. The van der Waals surface area contributed by atoms with Crippen LogP contribution in [0.25, 0.3) is 0 Å². The summed E-state index contributed by atoms with van der Waals surface area (Å²) in [7, 11) is 0. The molecule has 0 rings (SSSR count). The maximum Gasteiger partial charge on any atom is 0.176 e. The lowest BCUT2D eigenvalue weighted by Crippen LogP contribution is -2.38. The van der Waals surface area contributed by atoms with E-state index in [-0.39, 0.29) is 5.54 Å². The molecule has 0 heterocycles. The van der Waals surface area contributed by atoms with Gasteiger partial charge in [-0.2, -0.15) is 0 Å². The average molecular weight is 187 g/mol. The molecule has 0 aliphatic carbocycles. The summed E-state index contributed by atoms with van der Waals surface area (Å²) in [5, 5.41) is 12.5. The third kappa shape index (κ3) is 7.96. The number of aliphatic hydroxyl groups excluding tert-OH is 1. The van der Waals surface area contributed by atoms with Crippen LogP contribution in [-0.4, -0.2) is 30.1 Å². The summed E-state index contributed by atoms with van der Waals surface area (Å²) >= 11 is 0. The van der Waals surface area contributed by atoms with Gasteiger partial charge in [-0.25, -0.2) is 0 Å². The van der Waals surface area contributed by atoms with E-state index in [1.165, 1.54) is 0 Å². The van der Waals surface area contributed by atoms with Gasteiger partial charge in [-0.15, -0.1) is 0 Å². The molecule has 1 unspecified atom stereocenters. The highest BCUT2D eigenvalue weighted by Gasteiger charge is 2.08. The van der Waals surface area contributed by atoms with Crippen LogP contribution in [0.5, 0.6) is 0 Å². The van der Waals surface area contributed by atoms with Crippen molar-refractivity contribution in [2.75, 3.05) is 13.2 Å². The van der Waals surface area contributed by atoms with Crippen LogP contribution in [0.1, 0.15) is 27.7 Å². The summed E-state index contributed by atoms with van der Waals surface area (Å²) < 4.78 is 5.09. The predicted octanol–water partition coefficient (Wildman–Crippen LogP) is 1.29. The van der Waals surface area contributed by atoms with Gasteiger partial charge >= 0.3 is 0 Å². The molecule has 0 aromatic carbocycles. The van der Waals surface area contributed by atoms with Crippen molar-refractivity contribution in [2.24, 2.45) is 0 Å². The number of rotatable bonds is 5. The zero-order valence-electron chi connectivity index (χ0n) is 9.05. The average Bonchev–Trinajstić information content (AvgIpc) is 1.95. The van der Waals surface area contributed by atoms with Crippen LogP contribution in [0.2, 0.25) is 0 Å². The van der Waals surface area contributed by atoms with Crippen LogP contribution in [0.4, 0.5) is 0 Å². The first kappa shape index (κ1) is 12.6. The molecule has 0 aliphatic rings. The van der Waals surface area contributed by atoms with Crippen molar-refractivity contribution >= 4 is 0 Å². The third-order valence-corrected chi connectivity index (χ3v) is 1.45. The fraction of sp³-hybridized carbons (Fsp3) is 0.800. The summed E-state index contributed by atoms with van der Waals surface area (Å²) in [4.78, 5) is 0. The van der Waals surface area contributed by atoms with E-state index in [0.29, 0.717) is 12.2 Å². The quantitative estimate of drug-likeness (QED) is 0.387. The molecule has 13 heavy (non-hydrogen) atoms. The summed E-state index contributed by atoms with van der Waals surface area (Å²) in [6.07, 6.45) is -0.832. The molecule has 0 amide bonds. The van der Waals surface area contributed by atoms with Gasteiger partial charge in [0.05, 0.1) is 6.61 Å². The first-order valence-corrected chi connectivity index (χ1v) is 4.53. The van der Waals surface area contributed by atoms with E-state index in [1.54, 1.807) is 6.92 Å².